The van der Waals surface area contributed by atoms with Gasteiger partial charge in [0.25, 0.3) is 10.0 Å². The van der Waals surface area contributed by atoms with Crippen molar-refractivity contribution >= 4 is 27.4 Å². The molecule has 1 N–H and O–H groups in total. The highest BCUT2D eigenvalue weighted by Gasteiger charge is 2.23. The third-order valence-electron chi connectivity index (χ3n) is 5.90. The van der Waals surface area contributed by atoms with Crippen molar-refractivity contribution < 1.29 is 8.42 Å². The van der Waals surface area contributed by atoms with Gasteiger partial charge in [-0.25, -0.2) is 18.4 Å². The molecule has 1 aliphatic carbocycles. The van der Waals surface area contributed by atoms with E-state index in [9.17, 15) is 8.42 Å². The summed E-state index contributed by atoms with van der Waals surface area (Å²) in [6.07, 6.45) is 6.08. The highest BCUT2D eigenvalue weighted by Crippen LogP contribution is 2.38. The standard InChI is InChI=1S/C24H26ClN3O2S/c1-16(2)20-9-5-6-10-21(20)22-23(25)26-15-27-24(22)28-31(29,30)19-13-11-18(12-14-19)17-7-3-4-8-17/h5-6,9-17H,3-4,7-8H2,1-2H3,(H,26,27,28). The number of sulfonamides is 1. The van der Waals surface area contributed by atoms with Crippen LogP contribution in [0.2, 0.25) is 5.15 Å². The Kier molecular flexibility index (Phi) is 6.30. The van der Waals surface area contributed by atoms with Gasteiger partial charge in [0.2, 0.25) is 0 Å². The lowest BCUT2D eigenvalue weighted by Crippen LogP contribution is -2.15. The molecule has 0 amide bonds. The van der Waals surface area contributed by atoms with Gasteiger partial charge in [-0.3, -0.25) is 4.72 Å². The second kappa shape index (κ2) is 8.97. The number of benzene rings is 2. The van der Waals surface area contributed by atoms with Gasteiger partial charge in [0.15, 0.2) is 5.82 Å². The summed E-state index contributed by atoms with van der Waals surface area (Å²) < 4.78 is 28.9. The molecule has 0 unspecified atom stereocenters. The molecule has 0 atom stereocenters. The molecule has 162 valence electrons. The molecule has 1 aromatic heterocycles. The number of nitrogens with one attached hydrogen (secondary N) is 1. The van der Waals surface area contributed by atoms with Crippen molar-refractivity contribution in [3.8, 4) is 11.1 Å². The van der Waals surface area contributed by atoms with Gasteiger partial charge in [0.1, 0.15) is 11.5 Å². The SMILES string of the molecule is CC(C)c1ccccc1-c1c(Cl)ncnc1NS(=O)(=O)c1ccc(C2CCCC2)cc1. The summed E-state index contributed by atoms with van der Waals surface area (Å²) in [7, 11) is -3.83. The molecule has 31 heavy (non-hydrogen) atoms. The van der Waals surface area contributed by atoms with Gasteiger partial charge < -0.3 is 0 Å². The largest absolute Gasteiger partial charge is 0.263 e. The minimum atomic E-state index is -3.83. The number of aromatic nitrogens is 2. The molecule has 0 saturated heterocycles. The van der Waals surface area contributed by atoms with Gasteiger partial charge in [-0.1, -0.05) is 74.7 Å². The second-order valence-corrected chi connectivity index (χ2v) is 10.3. The van der Waals surface area contributed by atoms with Gasteiger partial charge in [-0.05, 0) is 53.5 Å². The Balaban J connectivity index is 1.69. The molecule has 2 aromatic carbocycles. The molecular weight excluding hydrogens is 430 g/mol. The number of hydrogen-bond donors (Lipinski definition) is 1. The number of halogens is 1. The number of hydrogen-bond acceptors (Lipinski definition) is 4. The van der Waals surface area contributed by atoms with Crippen LogP contribution in [0.1, 0.15) is 62.5 Å². The van der Waals surface area contributed by atoms with E-state index < -0.39 is 10.0 Å². The van der Waals surface area contributed by atoms with E-state index in [0.717, 1.165) is 11.1 Å². The third kappa shape index (κ3) is 4.60. The van der Waals surface area contributed by atoms with Crippen LogP contribution in [-0.4, -0.2) is 18.4 Å². The van der Waals surface area contributed by atoms with Crippen LogP contribution in [-0.2, 0) is 10.0 Å². The monoisotopic (exact) mass is 455 g/mol. The predicted octanol–water partition coefficient (Wildman–Crippen LogP) is 6.38. The summed E-state index contributed by atoms with van der Waals surface area (Å²) in [5.41, 5.74) is 3.55. The summed E-state index contributed by atoms with van der Waals surface area (Å²) in [5.74, 6) is 0.928. The van der Waals surface area contributed by atoms with Crippen LogP contribution >= 0.6 is 11.6 Å². The van der Waals surface area contributed by atoms with Crippen LogP contribution in [0, 0.1) is 0 Å². The van der Waals surface area contributed by atoms with Crippen molar-refractivity contribution in [2.45, 2.75) is 56.3 Å². The summed E-state index contributed by atoms with van der Waals surface area (Å²) in [4.78, 5) is 8.52. The lowest BCUT2D eigenvalue weighted by molar-refractivity contribution is 0.601. The molecule has 5 nitrogen and oxygen atoms in total. The Morgan fingerprint density at radius 3 is 2.35 bits per heavy atom. The van der Waals surface area contributed by atoms with Crippen LogP contribution < -0.4 is 4.72 Å². The molecule has 4 rings (SSSR count). The van der Waals surface area contributed by atoms with Crippen LogP contribution in [0.25, 0.3) is 11.1 Å². The zero-order valence-corrected chi connectivity index (χ0v) is 19.2. The minimum Gasteiger partial charge on any atom is -0.263 e. The maximum absolute atomic E-state index is 13.1. The Bertz CT molecular complexity index is 1170. The lowest BCUT2D eigenvalue weighted by atomic mass is 9.93. The second-order valence-electron chi connectivity index (χ2n) is 8.29. The Hall–Kier alpha value is -2.44. The van der Waals surface area contributed by atoms with Gasteiger partial charge in [0.05, 0.1) is 10.5 Å². The lowest BCUT2D eigenvalue weighted by Gasteiger charge is -2.17. The Morgan fingerprint density at radius 1 is 1.00 bits per heavy atom. The van der Waals surface area contributed by atoms with Crippen LogP contribution in [0.5, 0.6) is 0 Å². The molecule has 1 aliphatic rings. The molecule has 1 heterocycles. The number of rotatable bonds is 6. The van der Waals surface area contributed by atoms with E-state index in [1.165, 1.54) is 37.6 Å². The number of anilines is 1. The van der Waals surface area contributed by atoms with Gasteiger partial charge in [-0.2, -0.15) is 0 Å². The average Bonchev–Trinajstić information content (AvgIpc) is 3.29. The van der Waals surface area contributed by atoms with Crippen molar-refractivity contribution in [3.05, 3.63) is 71.1 Å². The minimum absolute atomic E-state index is 0.174. The Labute approximate surface area is 189 Å². The van der Waals surface area contributed by atoms with E-state index in [-0.39, 0.29) is 21.8 Å². The van der Waals surface area contributed by atoms with Crippen LogP contribution in [0.15, 0.2) is 59.8 Å². The quantitative estimate of drug-likeness (QED) is 0.438. The summed E-state index contributed by atoms with van der Waals surface area (Å²) >= 11 is 6.42. The zero-order valence-electron chi connectivity index (χ0n) is 17.7. The predicted molar refractivity (Wildman–Crippen MR) is 125 cm³/mol. The first-order valence-electron chi connectivity index (χ1n) is 10.6. The average molecular weight is 456 g/mol. The van der Waals surface area contributed by atoms with E-state index in [4.69, 9.17) is 11.6 Å². The topological polar surface area (TPSA) is 72.0 Å². The van der Waals surface area contributed by atoms with E-state index in [2.05, 4.69) is 28.5 Å². The molecule has 1 saturated carbocycles. The fourth-order valence-corrected chi connectivity index (χ4v) is 5.53. The molecule has 0 radical (unpaired) electrons. The fraction of sp³-hybridized carbons (Fsp3) is 0.333. The molecule has 7 heteroatoms. The maximum atomic E-state index is 13.1. The van der Waals surface area contributed by atoms with Crippen molar-refractivity contribution in [1.29, 1.82) is 0 Å². The first kappa shape index (κ1) is 21.8. The summed E-state index contributed by atoms with van der Waals surface area (Å²) in [6, 6.07) is 14.9. The maximum Gasteiger partial charge on any atom is 0.263 e. The van der Waals surface area contributed by atoms with Gasteiger partial charge in [0, 0.05) is 0 Å². The molecule has 0 aliphatic heterocycles. The first-order valence-corrected chi connectivity index (χ1v) is 12.5. The normalized spacial score (nSPS) is 14.8. The highest BCUT2D eigenvalue weighted by molar-refractivity contribution is 7.92. The highest BCUT2D eigenvalue weighted by atomic mass is 35.5. The molecule has 3 aromatic rings. The van der Waals surface area contributed by atoms with E-state index in [1.54, 1.807) is 12.1 Å². The van der Waals surface area contributed by atoms with Gasteiger partial charge >= 0.3 is 0 Å². The third-order valence-corrected chi connectivity index (χ3v) is 7.54. The van der Waals surface area contributed by atoms with Crippen molar-refractivity contribution in [2.24, 2.45) is 0 Å². The van der Waals surface area contributed by atoms with Crippen molar-refractivity contribution in [2.75, 3.05) is 4.72 Å². The molecular formula is C24H26ClN3O2S. The summed E-state index contributed by atoms with van der Waals surface area (Å²) in [5, 5.41) is 0.206. The fourth-order valence-electron chi connectivity index (χ4n) is 4.27. The molecule has 1 fully saturated rings. The van der Waals surface area contributed by atoms with Crippen LogP contribution in [0.3, 0.4) is 0 Å². The van der Waals surface area contributed by atoms with E-state index in [0.29, 0.717) is 11.5 Å². The van der Waals surface area contributed by atoms with Crippen molar-refractivity contribution in [1.82, 2.24) is 9.97 Å². The summed E-state index contributed by atoms with van der Waals surface area (Å²) in [6.45, 7) is 4.15. The van der Waals surface area contributed by atoms with Crippen molar-refractivity contribution in [3.63, 3.8) is 0 Å². The van der Waals surface area contributed by atoms with Gasteiger partial charge in [-0.15, -0.1) is 0 Å². The zero-order chi connectivity index (χ0) is 22.0. The Morgan fingerprint density at radius 2 is 1.68 bits per heavy atom. The van der Waals surface area contributed by atoms with E-state index in [1.807, 2.05) is 36.4 Å². The first-order chi connectivity index (χ1) is 14.9. The smallest absolute Gasteiger partial charge is 0.263 e. The van der Waals surface area contributed by atoms with E-state index >= 15 is 0 Å². The molecule has 0 spiro atoms. The molecule has 0 bridgehead atoms. The number of nitrogens with zero attached hydrogens (tertiary/aromatic N) is 2. The van der Waals surface area contributed by atoms with Crippen LogP contribution in [0.4, 0.5) is 5.82 Å².